The van der Waals surface area contributed by atoms with Gasteiger partial charge in [-0.25, -0.2) is 0 Å². The van der Waals surface area contributed by atoms with Gasteiger partial charge in [-0.05, 0) is 11.8 Å². The Labute approximate surface area is 128 Å². The lowest BCUT2D eigenvalue weighted by Gasteiger charge is -2.16. The van der Waals surface area contributed by atoms with Gasteiger partial charge in [-0.3, -0.25) is 4.79 Å². The van der Waals surface area contributed by atoms with Gasteiger partial charge in [0.1, 0.15) is 5.69 Å². The molecule has 0 saturated carbocycles. The monoisotopic (exact) mass is 302 g/mol. The molecule has 1 aromatic carbocycles. The third kappa shape index (κ3) is 3.58. The van der Waals surface area contributed by atoms with E-state index in [1.54, 1.807) is 6.21 Å². The SMILES string of the molecule is CSc1nnc(C(C)(C)C)c(=O)n1/N=C\c1ccccc1. The minimum Gasteiger partial charge on any atom is -0.265 e. The van der Waals surface area contributed by atoms with Gasteiger partial charge in [-0.2, -0.15) is 9.78 Å². The highest BCUT2D eigenvalue weighted by atomic mass is 32.2. The van der Waals surface area contributed by atoms with Crippen LogP contribution < -0.4 is 5.56 Å². The van der Waals surface area contributed by atoms with Crippen molar-refractivity contribution in [2.75, 3.05) is 6.26 Å². The van der Waals surface area contributed by atoms with Crippen LogP contribution in [0.2, 0.25) is 0 Å². The van der Waals surface area contributed by atoms with Crippen molar-refractivity contribution in [3.8, 4) is 0 Å². The summed E-state index contributed by atoms with van der Waals surface area (Å²) < 4.78 is 1.31. The topological polar surface area (TPSA) is 60.1 Å². The van der Waals surface area contributed by atoms with Crippen LogP contribution in [-0.4, -0.2) is 27.3 Å². The summed E-state index contributed by atoms with van der Waals surface area (Å²) in [5.74, 6) is 0. The number of aromatic nitrogens is 3. The predicted molar refractivity (Wildman–Crippen MR) is 86.2 cm³/mol. The molecule has 0 aliphatic carbocycles. The zero-order valence-electron chi connectivity index (χ0n) is 12.6. The van der Waals surface area contributed by atoms with Crippen molar-refractivity contribution in [1.29, 1.82) is 0 Å². The van der Waals surface area contributed by atoms with Crippen molar-refractivity contribution >= 4 is 18.0 Å². The summed E-state index contributed by atoms with van der Waals surface area (Å²) in [6.07, 6.45) is 3.49. The molecule has 0 spiro atoms. The lowest BCUT2D eigenvalue weighted by atomic mass is 9.93. The minimum absolute atomic E-state index is 0.228. The van der Waals surface area contributed by atoms with Crippen LogP contribution in [0.3, 0.4) is 0 Å². The van der Waals surface area contributed by atoms with E-state index in [0.29, 0.717) is 10.9 Å². The van der Waals surface area contributed by atoms with Crippen LogP contribution in [0.4, 0.5) is 0 Å². The molecule has 0 saturated heterocycles. The maximum Gasteiger partial charge on any atom is 0.297 e. The van der Waals surface area contributed by atoms with Crippen LogP contribution in [0.15, 0.2) is 45.4 Å². The van der Waals surface area contributed by atoms with Gasteiger partial charge < -0.3 is 0 Å². The molecule has 0 amide bonds. The molecule has 1 aromatic heterocycles. The molecule has 1 heterocycles. The number of thioether (sulfide) groups is 1. The molecule has 0 bridgehead atoms. The van der Waals surface area contributed by atoms with Crippen molar-refractivity contribution in [2.24, 2.45) is 5.10 Å². The smallest absolute Gasteiger partial charge is 0.265 e. The van der Waals surface area contributed by atoms with E-state index in [0.717, 1.165) is 5.56 Å². The Kier molecular flexibility index (Phi) is 4.57. The first kappa shape index (κ1) is 15.4. The molecule has 0 fully saturated rings. The Morgan fingerprint density at radius 2 is 1.86 bits per heavy atom. The Bertz CT molecular complexity index is 702. The van der Waals surface area contributed by atoms with Crippen LogP contribution in [0.25, 0.3) is 0 Å². The Balaban J connectivity index is 2.51. The standard InChI is InChI=1S/C15H18N4OS/c1-15(2,3)12-13(20)19(14(21-4)18-17-12)16-10-11-8-6-5-7-9-11/h5-10H,1-4H3/b16-10-. The molecule has 21 heavy (non-hydrogen) atoms. The molecule has 0 radical (unpaired) electrons. The third-order valence-electron chi connectivity index (χ3n) is 2.83. The summed E-state index contributed by atoms with van der Waals surface area (Å²) in [5, 5.41) is 12.9. The highest BCUT2D eigenvalue weighted by molar-refractivity contribution is 7.98. The van der Waals surface area contributed by atoms with Gasteiger partial charge in [0, 0.05) is 5.41 Å². The maximum atomic E-state index is 12.5. The molecule has 5 nitrogen and oxygen atoms in total. The van der Waals surface area contributed by atoms with Gasteiger partial charge in [0.05, 0.1) is 6.21 Å². The van der Waals surface area contributed by atoms with E-state index in [9.17, 15) is 4.79 Å². The first-order valence-corrected chi connectivity index (χ1v) is 7.79. The fraction of sp³-hybridized carbons (Fsp3) is 0.333. The average molecular weight is 302 g/mol. The van der Waals surface area contributed by atoms with Crippen LogP contribution in [0.1, 0.15) is 32.0 Å². The molecule has 2 aromatic rings. The maximum absolute atomic E-state index is 12.5. The zero-order valence-corrected chi connectivity index (χ0v) is 13.4. The number of nitrogens with zero attached hydrogens (tertiary/aromatic N) is 4. The lowest BCUT2D eigenvalue weighted by Crippen LogP contribution is -2.32. The molecule has 0 N–H and O–H groups in total. The summed E-state index contributed by atoms with van der Waals surface area (Å²) in [4.78, 5) is 12.5. The summed E-state index contributed by atoms with van der Waals surface area (Å²) >= 11 is 1.34. The number of hydrogen-bond donors (Lipinski definition) is 0. The van der Waals surface area contributed by atoms with Crippen LogP contribution in [0.5, 0.6) is 0 Å². The number of hydrogen-bond acceptors (Lipinski definition) is 5. The zero-order chi connectivity index (χ0) is 15.5. The Morgan fingerprint density at radius 1 is 1.19 bits per heavy atom. The van der Waals surface area contributed by atoms with Crippen molar-refractivity contribution in [1.82, 2.24) is 14.9 Å². The van der Waals surface area contributed by atoms with Gasteiger partial charge in [0.2, 0.25) is 5.16 Å². The van der Waals surface area contributed by atoms with Gasteiger partial charge in [0.15, 0.2) is 0 Å². The predicted octanol–water partition coefficient (Wildman–Crippen LogP) is 2.54. The first-order valence-electron chi connectivity index (χ1n) is 6.57. The summed E-state index contributed by atoms with van der Waals surface area (Å²) in [6.45, 7) is 5.80. The van der Waals surface area contributed by atoms with Crippen molar-refractivity contribution in [2.45, 2.75) is 31.3 Å². The highest BCUT2D eigenvalue weighted by Gasteiger charge is 2.23. The molecular weight excluding hydrogens is 284 g/mol. The molecule has 0 unspecified atom stereocenters. The Hall–Kier alpha value is -1.95. The van der Waals surface area contributed by atoms with Crippen LogP contribution >= 0.6 is 11.8 Å². The van der Waals surface area contributed by atoms with Gasteiger partial charge in [-0.15, -0.1) is 10.2 Å². The fourth-order valence-corrected chi connectivity index (χ4v) is 2.15. The van der Waals surface area contributed by atoms with E-state index < -0.39 is 0 Å². The lowest BCUT2D eigenvalue weighted by molar-refractivity contribution is 0.510. The highest BCUT2D eigenvalue weighted by Crippen LogP contribution is 2.17. The average Bonchev–Trinajstić information content (AvgIpc) is 2.45. The molecule has 6 heteroatoms. The van der Waals surface area contributed by atoms with Crippen molar-refractivity contribution in [3.63, 3.8) is 0 Å². The van der Waals surface area contributed by atoms with E-state index in [4.69, 9.17) is 0 Å². The van der Waals surface area contributed by atoms with Crippen molar-refractivity contribution in [3.05, 3.63) is 51.9 Å². The third-order valence-corrected chi connectivity index (χ3v) is 3.45. The number of rotatable bonds is 3. The van der Waals surface area contributed by atoms with Gasteiger partial charge >= 0.3 is 0 Å². The molecule has 2 rings (SSSR count). The van der Waals surface area contributed by atoms with Crippen LogP contribution in [-0.2, 0) is 5.41 Å². The van der Waals surface area contributed by atoms with E-state index in [-0.39, 0.29) is 11.0 Å². The van der Waals surface area contributed by atoms with E-state index >= 15 is 0 Å². The van der Waals surface area contributed by atoms with Crippen molar-refractivity contribution < 1.29 is 0 Å². The normalized spacial score (nSPS) is 12.0. The summed E-state index contributed by atoms with van der Waals surface area (Å²) in [7, 11) is 0. The second-order valence-electron chi connectivity index (χ2n) is 5.56. The first-order chi connectivity index (χ1) is 9.93. The fourth-order valence-electron chi connectivity index (χ4n) is 1.73. The molecular formula is C15H18N4OS. The van der Waals surface area contributed by atoms with Crippen LogP contribution in [0, 0.1) is 0 Å². The van der Waals surface area contributed by atoms with Gasteiger partial charge in [-0.1, -0.05) is 62.9 Å². The summed E-state index contributed by atoms with van der Waals surface area (Å²) in [6, 6.07) is 9.62. The van der Waals surface area contributed by atoms with Gasteiger partial charge in [0.25, 0.3) is 5.56 Å². The second-order valence-corrected chi connectivity index (χ2v) is 6.33. The molecule has 0 aliphatic heterocycles. The number of benzene rings is 1. The molecule has 0 aliphatic rings. The summed E-state index contributed by atoms with van der Waals surface area (Å²) in [5.41, 5.74) is 0.732. The minimum atomic E-state index is -0.370. The second kappa shape index (κ2) is 6.22. The van der Waals surface area contributed by atoms with E-state index in [2.05, 4.69) is 15.3 Å². The quantitative estimate of drug-likeness (QED) is 0.646. The van der Waals surface area contributed by atoms with E-state index in [1.165, 1.54) is 16.4 Å². The molecule has 0 atom stereocenters. The largest absolute Gasteiger partial charge is 0.297 e. The Morgan fingerprint density at radius 3 is 2.43 bits per heavy atom. The molecule has 110 valence electrons. The van der Waals surface area contributed by atoms with E-state index in [1.807, 2.05) is 57.4 Å².